The van der Waals surface area contributed by atoms with E-state index in [1.807, 2.05) is 0 Å². The Morgan fingerprint density at radius 1 is 1.38 bits per heavy atom. The summed E-state index contributed by atoms with van der Waals surface area (Å²) in [6.07, 6.45) is 4.92. The third-order valence-corrected chi connectivity index (χ3v) is 4.74. The first-order valence-electron chi connectivity index (χ1n) is 9.02. The van der Waals surface area contributed by atoms with Crippen LogP contribution in [0.4, 0.5) is 0 Å². The predicted octanol–water partition coefficient (Wildman–Crippen LogP) is 3.33. The number of hydrogen-bond acceptors (Lipinski definition) is 6. The van der Waals surface area contributed by atoms with Gasteiger partial charge in [0, 0.05) is 6.42 Å². The third kappa shape index (κ3) is 5.89. The maximum atomic E-state index is 11.9. The number of carbonyl (C=O) groups excluding carboxylic acids is 1. The largest absolute Gasteiger partial charge is 0.464 e. The number of carbonyl (C=O) groups is 1. The first kappa shape index (κ1) is 18.9. The molecule has 0 aliphatic heterocycles. The highest BCUT2D eigenvalue weighted by Gasteiger charge is 2.31. The number of nitrogens with zero attached hydrogens (tertiary/aromatic N) is 2. The average Bonchev–Trinajstić information content (AvgIpc) is 2.94. The minimum atomic E-state index is -0.294. The molecular formula is C18H30N2O4. The predicted molar refractivity (Wildman–Crippen MR) is 89.4 cm³/mol. The first-order valence-corrected chi connectivity index (χ1v) is 9.02. The Bertz CT molecular complexity index is 515. The monoisotopic (exact) mass is 338 g/mol. The SMILES string of the molecule is Cc1noc(CCCOC(=O)COC2CC(C)CCC2C(C)C)n1. The van der Waals surface area contributed by atoms with Crippen molar-refractivity contribution < 1.29 is 18.8 Å². The molecule has 1 aromatic rings. The zero-order chi connectivity index (χ0) is 17.5. The minimum absolute atomic E-state index is 0.0419. The molecular weight excluding hydrogens is 308 g/mol. The van der Waals surface area contributed by atoms with Crippen molar-refractivity contribution in [3.63, 3.8) is 0 Å². The maximum absolute atomic E-state index is 11.9. The van der Waals surface area contributed by atoms with E-state index in [0.29, 0.717) is 48.9 Å². The summed E-state index contributed by atoms with van der Waals surface area (Å²) in [6, 6.07) is 0. The van der Waals surface area contributed by atoms with E-state index in [1.165, 1.54) is 12.8 Å². The summed E-state index contributed by atoms with van der Waals surface area (Å²) in [5.41, 5.74) is 0. The summed E-state index contributed by atoms with van der Waals surface area (Å²) in [7, 11) is 0. The molecule has 24 heavy (non-hydrogen) atoms. The van der Waals surface area contributed by atoms with Crippen LogP contribution >= 0.6 is 0 Å². The smallest absolute Gasteiger partial charge is 0.332 e. The van der Waals surface area contributed by atoms with Gasteiger partial charge >= 0.3 is 5.97 Å². The van der Waals surface area contributed by atoms with Crippen LogP contribution < -0.4 is 0 Å². The maximum Gasteiger partial charge on any atom is 0.332 e. The number of aryl methyl sites for hydroxylation is 2. The minimum Gasteiger partial charge on any atom is -0.464 e. The molecule has 1 aliphatic rings. The van der Waals surface area contributed by atoms with Gasteiger partial charge in [-0.3, -0.25) is 0 Å². The van der Waals surface area contributed by atoms with Crippen LogP contribution in [0.3, 0.4) is 0 Å². The zero-order valence-electron chi connectivity index (χ0n) is 15.3. The van der Waals surface area contributed by atoms with Crippen molar-refractivity contribution >= 4 is 5.97 Å². The second-order valence-corrected chi connectivity index (χ2v) is 7.23. The molecule has 0 saturated heterocycles. The van der Waals surface area contributed by atoms with Crippen molar-refractivity contribution in [2.75, 3.05) is 13.2 Å². The summed E-state index contributed by atoms with van der Waals surface area (Å²) in [6.45, 7) is 8.88. The Morgan fingerprint density at radius 2 is 2.17 bits per heavy atom. The summed E-state index contributed by atoms with van der Waals surface area (Å²) in [5.74, 6) is 2.69. The van der Waals surface area contributed by atoms with E-state index in [0.717, 1.165) is 6.42 Å². The van der Waals surface area contributed by atoms with Gasteiger partial charge in [0.25, 0.3) is 0 Å². The van der Waals surface area contributed by atoms with Crippen LogP contribution in [-0.2, 0) is 20.7 Å². The van der Waals surface area contributed by atoms with Gasteiger partial charge in [-0.2, -0.15) is 4.98 Å². The van der Waals surface area contributed by atoms with E-state index in [1.54, 1.807) is 6.92 Å². The highest BCUT2D eigenvalue weighted by Crippen LogP contribution is 2.35. The van der Waals surface area contributed by atoms with Crippen molar-refractivity contribution in [3.8, 4) is 0 Å². The van der Waals surface area contributed by atoms with Crippen LogP contribution in [0.2, 0.25) is 0 Å². The fraction of sp³-hybridized carbons (Fsp3) is 0.833. The van der Waals surface area contributed by atoms with Crippen LogP contribution in [0, 0.1) is 24.7 Å². The third-order valence-electron chi connectivity index (χ3n) is 4.74. The number of ether oxygens (including phenoxy) is 2. The fourth-order valence-corrected chi connectivity index (χ4v) is 3.37. The molecule has 0 N–H and O–H groups in total. The molecule has 1 aromatic heterocycles. The molecule has 136 valence electrons. The van der Waals surface area contributed by atoms with E-state index >= 15 is 0 Å². The van der Waals surface area contributed by atoms with Gasteiger partial charge in [0.05, 0.1) is 12.7 Å². The molecule has 3 atom stereocenters. The topological polar surface area (TPSA) is 74.5 Å². The molecule has 0 amide bonds. The molecule has 6 nitrogen and oxygen atoms in total. The van der Waals surface area contributed by atoms with Crippen LogP contribution in [-0.4, -0.2) is 35.4 Å². The summed E-state index contributed by atoms with van der Waals surface area (Å²) in [5, 5.41) is 3.73. The van der Waals surface area contributed by atoms with Gasteiger partial charge in [-0.25, -0.2) is 4.79 Å². The van der Waals surface area contributed by atoms with Crippen molar-refractivity contribution in [1.29, 1.82) is 0 Å². The van der Waals surface area contributed by atoms with Crippen LogP contribution in [0.1, 0.15) is 58.2 Å². The Labute approximate surface area is 144 Å². The zero-order valence-corrected chi connectivity index (χ0v) is 15.3. The lowest BCUT2D eigenvalue weighted by atomic mass is 9.75. The number of rotatable bonds is 8. The van der Waals surface area contributed by atoms with Crippen LogP contribution in [0.25, 0.3) is 0 Å². The Kier molecular flexibility index (Phi) is 7.21. The first-order chi connectivity index (χ1) is 11.5. The van der Waals surface area contributed by atoms with Gasteiger partial charge in [0.15, 0.2) is 5.82 Å². The lowest BCUT2D eigenvalue weighted by molar-refractivity contribution is -0.154. The van der Waals surface area contributed by atoms with E-state index in [9.17, 15) is 4.79 Å². The van der Waals surface area contributed by atoms with Crippen molar-refractivity contribution in [3.05, 3.63) is 11.7 Å². The molecule has 0 aromatic carbocycles. The second-order valence-electron chi connectivity index (χ2n) is 7.23. The molecule has 6 heteroatoms. The Hall–Kier alpha value is -1.43. The highest BCUT2D eigenvalue weighted by molar-refractivity contribution is 5.70. The lowest BCUT2D eigenvalue weighted by Gasteiger charge is -2.36. The normalized spacial score (nSPS) is 24.3. The number of hydrogen-bond donors (Lipinski definition) is 0. The quantitative estimate of drug-likeness (QED) is 0.534. The molecule has 3 unspecified atom stereocenters. The lowest BCUT2D eigenvalue weighted by Crippen LogP contribution is -2.35. The molecule has 2 rings (SSSR count). The second kappa shape index (κ2) is 9.16. The Balaban J connectivity index is 1.64. The van der Waals surface area contributed by atoms with Gasteiger partial charge in [0.2, 0.25) is 5.89 Å². The molecule has 0 spiro atoms. The standard InChI is InChI=1S/C18H30N2O4/c1-12(2)15-8-7-13(3)10-16(15)23-11-18(21)22-9-5-6-17-19-14(4)20-24-17/h12-13,15-16H,5-11H2,1-4H3. The fourth-order valence-electron chi connectivity index (χ4n) is 3.37. The molecule has 1 aliphatic carbocycles. The van der Waals surface area contributed by atoms with Gasteiger partial charge in [-0.1, -0.05) is 32.3 Å². The van der Waals surface area contributed by atoms with E-state index in [-0.39, 0.29) is 18.7 Å². The summed E-state index contributed by atoms with van der Waals surface area (Å²) >= 11 is 0. The average molecular weight is 338 g/mol. The van der Waals surface area contributed by atoms with Crippen molar-refractivity contribution in [2.24, 2.45) is 17.8 Å². The van der Waals surface area contributed by atoms with Gasteiger partial charge in [-0.15, -0.1) is 0 Å². The molecule has 0 bridgehead atoms. The highest BCUT2D eigenvalue weighted by atomic mass is 16.6. The van der Waals surface area contributed by atoms with E-state index in [4.69, 9.17) is 14.0 Å². The van der Waals surface area contributed by atoms with Crippen molar-refractivity contribution in [2.45, 2.75) is 65.9 Å². The molecule has 1 saturated carbocycles. The van der Waals surface area contributed by atoms with Gasteiger partial charge in [0.1, 0.15) is 6.61 Å². The van der Waals surface area contributed by atoms with Gasteiger partial charge < -0.3 is 14.0 Å². The molecule has 1 fully saturated rings. The Morgan fingerprint density at radius 3 is 2.83 bits per heavy atom. The van der Waals surface area contributed by atoms with Crippen molar-refractivity contribution in [1.82, 2.24) is 10.1 Å². The molecule has 0 radical (unpaired) electrons. The van der Waals surface area contributed by atoms with Crippen LogP contribution in [0.15, 0.2) is 4.52 Å². The summed E-state index contributed by atoms with van der Waals surface area (Å²) < 4.78 is 16.1. The number of aromatic nitrogens is 2. The van der Waals surface area contributed by atoms with Crippen LogP contribution in [0.5, 0.6) is 0 Å². The van der Waals surface area contributed by atoms with Gasteiger partial charge in [-0.05, 0) is 43.9 Å². The van der Waals surface area contributed by atoms with E-state index < -0.39 is 0 Å². The molecule has 1 heterocycles. The van der Waals surface area contributed by atoms with E-state index in [2.05, 4.69) is 30.9 Å². The summed E-state index contributed by atoms with van der Waals surface area (Å²) in [4.78, 5) is 16.0. The number of esters is 1.